The van der Waals surface area contributed by atoms with Crippen LogP contribution in [0, 0.1) is 5.41 Å². The molecule has 0 amide bonds. The maximum atomic E-state index is 2.63. The Bertz CT molecular complexity index is 230. The van der Waals surface area contributed by atoms with E-state index in [1.807, 2.05) is 0 Å². The molecule has 2 aliphatic rings. The second-order valence-corrected chi connectivity index (χ2v) is 5.72. The Morgan fingerprint density at radius 2 is 1.93 bits per heavy atom. The Balaban J connectivity index is 1.92. The monoisotopic (exact) mass is 193 g/mol. The minimum atomic E-state index is 0.605. The molecule has 0 aromatic rings. The van der Waals surface area contributed by atoms with E-state index in [2.05, 4.69) is 31.7 Å². The van der Waals surface area contributed by atoms with Crippen LogP contribution in [0.15, 0.2) is 11.8 Å². The van der Waals surface area contributed by atoms with Crippen molar-refractivity contribution in [2.45, 2.75) is 58.9 Å². The van der Waals surface area contributed by atoms with E-state index in [-0.39, 0.29) is 0 Å². The molecule has 1 aliphatic carbocycles. The molecular weight excluding hydrogens is 170 g/mol. The number of nitrogens with zero attached hydrogens (tertiary/aromatic N) is 1. The molecule has 1 nitrogen and oxygen atoms in total. The Hall–Kier alpha value is -0.460. The molecular formula is C13H23N. The van der Waals surface area contributed by atoms with Crippen LogP contribution in [-0.4, -0.2) is 17.5 Å². The van der Waals surface area contributed by atoms with Crippen LogP contribution in [0.2, 0.25) is 0 Å². The number of hydrogen-bond donors (Lipinski definition) is 0. The molecule has 0 aromatic heterocycles. The first kappa shape index (κ1) is 10.1. The Morgan fingerprint density at radius 3 is 2.43 bits per heavy atom. The summed E-state index contributed by atoms with van der Waals surface area (Å²) in [6.45, 7) is 8.37. The van der Waals surface area contributed by atoms with Crippen LogP contribution in [0.3, 0.4) is 0 Å². The SMILES string of the molecule is CC1=CCCN1C1CCC(C)(C)CC1. The van der Waals surface area contributed by atoms with E-state index in [1.165, 1.54) is 44.3 Å². The van der Waals surface area contributed by atoms with E-state index in [1.54, 1.807) is 0 Å². The molecule has 1 saturated carbocycles. The van der Waals surface area contributed by atoms with Crippen molar-refractivity contribution in [2.75, 3.05) is 6.54 Å². The third-order valence-electron chi connectivity index (χ3n) is 4.01. The fourth-order valence-corrected chi connectivity index (χ4v) is 2.87. The lowest BCUT2D eigenvalue weighted by Gasteiger charge is -2.40. The van der Waals surface area contributed by atoms with Gasteiger partial charge in [0.25, 0.3) is 0 Å². The van der Waals surface area contributed by atoms with Gasteiger partial charge in [-0.05, 0) is 44.4 Å². The summed E-state index contributed by atoms with van der Waals surface area (Å²) in [6.07, 6.45) is 9.27. The second-order valence-electron chi connectivity index (χ2n) is 5.72. The van der Waals surface area contributed by atoms with Gasteiger partial charge in [0, 0.05) is 18.3 Å². The highest BCUT2D eigenvalue weighted by Gasteiger charge is 2.30. The average Bonchev–Trinajstić information content (AvgIpc) is 2.52. The summed E-state index contributed by atoms with van der Waals surface area (Å²) in [5.41, 5.74) is 2.13. The van der Waals surface area contributed by atoms with E-state index < -0.39 is 0 Å². The van der Waals surface area contributed by atoms with Crippen LogP contribution in [0.25, 0.3) is 0 Å². The van der Waals surface area contributed by atoms with E-state index in [0.717, 1.165) is 6.04 Å². The van der Waals surface area contributed by atoms with Gasteiger partial charge >= 0.3 is 0 Å². The lowest BCUT2D eigenvalue weighted by molar-refractivity contribution is 0.140. The first-order chi connectivity index (χ1) is 6.58. The third kappa shape index (κ3) is 1.97. The summed E-state index contributed by atoms with van der Waals surface area (Å²) in [4.78, 5) is 2.63. The zero-order chi connectivity index (χ0) is 10.2. The van der Waals surface area contributed by atoms with Crippen LogP contribution in [0.4, 0.5) is 0 Å². The van der Waals surface area contributed by atoms with Gasteiger partial charge in [0.05, 0.1) is 0 Å². The molecule has 80 valence electrons. The van der Waals surface area contributed by atoms with Gasteiger partial charge < -0.3 is 4.90 Å². The summed E-state index contributed by atoms with van der Waals surface area (Å²) in [5.74, 6) is 0. The van der Waals surface area contributed by atoms with Gasteiger partial charge in [0.2, 0.25) is 0 Å². The van der Waals surface area contributed by atoms with Crippen molar-refractivity contribution in [3.8, 4) is 0 Å². The fourth-order valence-electron chi connectivity index (χ4n) is 2.87. The molecule has 1 fully saturated rings. The van der Waals surface area contributed by atoms with Gasteiger partial charge in [0.15, 0.2) is 0 Å². The zero-order valence-corrected chi connectivity index (χ0v) is 9.84. The van der Waals surface area contributed by atoms with Crippen LogP contribution < -0.4 is 0 Å². The van der Waals surface area contributed by atoms with E-state index in [4.69, 9.17) is 0 Å². The molecule has 14 heavy (non-hydrogen) atoms. The Labute approximate surface area is 88.2 Å². The Morgan fingerprint density at radius 1 is 1.29 bits per heavy atom. The number of allylic oxidation sites excluding steroid dienone is 1. The maximum Gasteiger partial charge on any atom is 0.0287 e. The van der Waals surface area contributed by atoms with Gasteiger partial charge in [-0.3, -0.25) is 0 Å². The van der Waals surface area contributed by atoms with Gasteiger partial charge in [-0.2, -0.15) is 0 Å². The maximum absolute atomic E-state index is 2.63. The molecule has 0 bridgehead atoms. The zero-order valence-electron chi connectivity index (χ0n) is 9.84. The van der Waals surface area contributed by atoms with Crippen LogP contribution >= 0.6 is 0 Å². The van der Waals surface area contributed by atoms with Crippen LogP contribution in [0.1, 0.15) is 52.9 Å². The number of hydrogen-bond acceptors (Lipinski definition) is 1. The lowest BCUT2D eigenvalue weighted by Crippen LogP contribution is -2.37. The minimum absolute atomic E-state index is 0.605. The van der Waals surface area contributed by atoms with Crippen molar-refractivity contribution in [1.82, 2.24) is 4.90 Å². The van der Waals surface area contributed by atoms with Crippen LogP contribution in [0.5, 0.6) is 0 Å². The summed E-state index contributed by atoms with van der Waals surface area (Å²) < 4.78 is 0. The lowest BCUT2D eigenvalue weighted by atomic mass is 9.75. The highest BCUT2D eigenvalue weighted by atomic mass is 15.2. The second kappa shape index (κ2) is 3.60. The van der Waals surface area contributed by atoms with Crippen molar-refractivity contribution >= 4 is 0 Å². The van der Waals surface area contributed by atoms with Crippen LogP contribution in [-0.2, 0) is 0 Å². The third-order valence-corrected chi connectivity index (χ3v) is 4.01. The molecule has 0 atom stereocenters. The summed E-state index contributed by atoms with van der Waals surface area (Å²) in [6, 6.07) is 0.849. The average molecular weight is 193 g/mol. The van der Waals surface area contributed by atoms with E-state index in [0.29, 0.717) is 5.41 Å². The van der Waals surface area contributed by atoms with Crippen molar-refractivity contribution in [1.29, 1.82) is 0 Å². The molecule has 1 heteroatoms. The molecule has 1 aliphatic heterocycles. The highest BCUT2D eigenvalue weighted by Crippen LogP contribution is 2.38. The van der Waals surface area contributed by atoms with Crippen molar-refractivity contribution in [3.05, 3.63) is 11.8 Å². The first-order valence-corrected chi connectivity index (χ1v) is 6.02. The number of rotatable bonds is 1. The summed E-state index contributed by atoms with van der Waals surface area (Å²) in [7, 11) is 0. The van der Waals surface area contributed by atoms with Crippen molar-refractivity contribution in [2.24, 2.45) is 5.41 Å². The van der Waals surface area contributed by atoms with Gasteiger partial charge in [0.1, 0.15) is 0 Å². The van der Waals surface area contributed by atoms with E-state index in [9.17, 15) is 0 Å². The first-order valence-electron chi connectivity index (χ1n) is 6.02. The predicted molar refractivity (Wildman–Crippen MR) is 61.1 cm³/mol. The molecule has 0 spiro atoms. The fraction of sp³-hybridized carbons (Fsp3) is 0.846. The van der Waals surface area contributed by atoms with E-state index >= 15 is 0 Å². The quantitative estimate of drug-likeness (QED) is 0.615. The van der Waals surface area contributed by atoms with Gasteiger partial charge in [-0.25, -0.2) is 0 Å². The molecule has 0 radical (unpaired) electrons. The normalized spacial score (nSPS) is 27.9. The molecule has 1 heterocycles. The standard InChI is InChI=1S/C13H23N/c1-11-5-4-10-14(11)12-6-8-13(2,3)9-7-12/h5,12H,4,6-10H2,1-3H3. The highest BCUT2D eigenvalue weighted by molar-refractivity contribution is 5.07. The summed E-state index contributed by atoms with van der Waals surface area (Å²) >= 11 is 0. The molecule has 2 rings (SSSR count). The van der Waals surface area contributed by atoms with Crippen molar-refractivity contribution < 1.29 is 0 Å². The van der Waals surface area contributed by atoms with Gasteiger partial charge in [-0.1, -0.05) is 19.9 Å². The predicted octanol–water partition coefficient (Wildman–Crippen LogP) is 3.56. The Kier molecular flexibility index (Phi) is 2.59. The molecule has 0 unspecified atom stereocenters. The molecule has 0 aromatic carbocycles. The van der Waals surface area contributed by atoms with Crippen molar-refractivity contribution in [3.63, 3.8) is 0 Å². The molecule has 0 N–H and O–H groups in total. The smallest absolute Gasteiger partial charge is 0.0287 e. The minimum Gasteiger partial charge on any atom is -0.372 e. The largest absolute Gasteiger partial charge is 0.372 e. The summed E-state index contributed by atoms with van der Waals surface area (Å²) in [5, 5.41) is 0. The van der Waals surface area contributed by atoms with Gasteiger partial charge in [-0.15, -0.1) is 0 Å². The topological polar surface area (TPSA) is 3.24 Å². The molecule has 0 saturated heterocycles.